The van der Waals surface area contributed by atoms with E-state index >= 15 is 0 Å². The van der Waals surface area contributed by atoms with Gasteiger partial charge in [-0.15, -0.1) is 0 Å². The van der Waals surface area contributed by atoms with Crippen LogP contribution in [0.25, 0.3) is 0 Å². The van der Waals surface area contributed by atoms with Gasteiger partial charge in [-0.05, 0) is 56.2 Å². The van der Waals surface area contributed by atoms with Gasteiger partial charge < -0.3 is 14.7 Å². The zero-order chi connectivity index (χ0) is 17.1. The number of carbonyl (C=O) groups excluding carboxylic acids is 1. The van der Waals surface area contributed by atoms with Crippen molar-refractivity contribution in [2.24, 2.45) is 0 Å². The zero-order valence-electron chi connectivity index (χ0n) is 13.4. The van der Waals surface area contributed by atoms with Gasteiger partial charge in [0.25, 0.3) is 5.91 Å². The highest BCUT2D eigenvalue weighted by Gasteiger charge is 2.38. The van der Waals surface area contributed by atoms with E-state index in [-0.39, 0.29) is 11.9 Å². The van der Waals surface area contributed by atoms with Crippen LogP contribution in [0, 0.1) is 0 Å². The Kier molecular flexibility index (Phi) is 4.51. The van der Waals surface area contributed by atoms with Gasteiger partial charge in [-0.3, -0.25) is 4.79 Å². The Morgan fingerprint density at radius 1 is 1.04 bits per heavy atom. The molecule has 1 amide bonds. The molecule has 0 heterocycles. The number of benzene rings is 2. The normalized spacial score (nSPS) is 14.7. The van der Waals surface area contributed by atoms with E-state index in [2.05, 4.69) is 0 Å². The zero-order valence-corrected chi connectivity index (χ0v) is 13.4. The molecule has 1 N–H and O–H groups in total. The second-order valence-electron chi connectivity index (χ2n) is 5.90. The molecule has 24 heavy (non-hydrogen) atoms. The van der Waals surface area contributed by atoms with E-state index in [1.54, 1.807) is 31.2 Å². The number of carboxylic acids is 1. The van der Waals surface area contributed by atoms with E-state index in [4.69, 9.17) is 4.74 Å². The van der Waals surface area contributed by atoms with Crippen molar-refractivity contribution in [2.75, 3.05) is 0 Å². The molecule has 2 aromatic carbocycles. The van der Waals surface area contributed by atoms with E-state index in [0.29, 0.717) is 11.3 Å². The summed E-state index contributed by atoms with van der Waals surface area (Å²) < 4.78 is 5.70. The molecule has 0 bridgehead atoms. The Bertz CT molecular complexity index is 723. The molecule has 5 heteroatoms. The second kappa shape index (κ2) is 6.74. The van der Waals surface area contributed by atoms with Crippen molar-refractivity contribution in [2.45, 2.75) is 31.8 Å². The fourth-order valence-electron chi connectivity index (χ4n) is 2.57. The monoisotopic (exact) mass is 325 g/mol. The molecule has 3 rings (SSSR count). The number of aliphatic carboxylic acids is 1. The number of amides is 1. The second-order valence-corrected chi connectivity index (χ2v) is 5.90. The maximum Gasteiger partial charge on any atom is 0.326 e. The van der Waals surface area contributed by atoms with Crippen molar-refractivity contribution in [3.8, 4) is 11.5 Å². The molecule has 2 aromatic rings. The average molecular weight is 325 g/mol. The highest BCUT2D eigenvalue weighted by atomic mass is 16.5. The van der Waals surface area contributed by atoms with Gasteiger partial charge in [-0.2, -0.15) is 0 Å². The number of nitrogens with zero attached hydrogens (tertiary/aromatic N) is 1. The van der Waals surface area contributed by atoms with Crippen LogP contribution < -0.4 is 4.74 Å². The fraction of sp³-hybridized carbons (Fsp3) is 0.263. The topological polar surface area (TPSA) is 66.8 Å². The van der Waals surface area contributed by atoms with Crippen LogP contribution in [0.2, 0.25) is 0 Å². The Hall–Kier alpha value is -2.82. The lowest BCUT2D eigenvalue weighted by Gasteiger charge is -2.26. The highest BCUT2D eigenvalue weighted by Crippen LogP contribution is 2.31. The van der Waals surface area contributed by atoms with Gasteiger partial charge in [0.2, 0.25) is 0 Å². The summed E-state index contributed by atoms with van der Waals surface area (Å²) in [6.07, 6.45) is 1.72. The summed E-state index contributed by atoms with van der Waals surface area (Å²) in [6.45, 7) is 1.55. The number of ether oxygens (including phenoxy) is 1. The van der Waals surface area contributed by atoms with Crippen LogP contribution in [0.5, 0.6) is 11.5 Å². The number of hydrogen-bond donors (Lipinski definition) is 1. The lowest BCUT2D eigenvalue weighted by atomic mass is 10.1. The van der Waals surface area contributed by atoms with Crippen LogP contribution in [0.1, 0.15) is 30.1 Å². The van der Waals surface area contributed by atoms with Gasteiger partial charge in [-0.1, -0.05) is 18.2 Å². The maximum absolute atomic E-state index is 12.7. The SMILES string of the molecule is CC(C(=O)O)N(C(=O)c1ccc(Oc2ccccc2)cc1)C1CC1. The molecule has 0 aliphatic heterocycles. The highest BCUT2D eigenvalue weighted by molar-refractivity contribution is 5.97. The lowest BCUT2D eigenvalue weighted by molar-refractivity contribution is -0.141. The Balaban J connectivity index is 1.74. The summed E-state index contributed by atoms with van der Waals surface area (Å²) in [5.74, 6) is 0.107. The summed E-state index contributed by atoms with van der Waals surface area (Å²) in [5, 5.41) is 9.22. The molecule has 0 aromatic heterocycles. The van der Waals surface area contributed by atoms with Crippen molar-refractivity contribution < 1.29 is 19.4 Å². The minimum atomic E-state index is -0.987. The summed E-state index contributed by atoms with van der Waals surface area (Å²) in [5.41, 5.74) is 0.468. The number of para-hydroxylation sites is 1. The summed E-state index contributed by atoms with van der Waals surface area (Å²) in [4.78, 5) is 25.4. The molecule has 1 atom stereocenters. The standard InChI is InChI=1S/C19H19NO4/c1-13(19(22)23)20(15-9-10-15)18(21)14-7-11-17(12-8-14)24-16-5-3-2-4-6-16/h2-8,11-13,15H,9-10H2,1H3,(H,22,23). The third-order valence-corrected chi connectivity index (χ3v) is 4.03. The minimum Gasteiger partial charge on any atom is -0.480 e. The number of rotatable bonds is 6. The lowest BCUT2D eigenvalue weighted by Crippen LogP contribution is -2.44. The average Bonchev–Trinajstić information content (AvgIpc) is 3.41. The van der Waals surface area contributed by atoms with Crippen LogP contribution in [-0.4, -0.2) is 34.0 Å². The Morgan fingerprint density at radius 3 is 2.17 bits per heavy atom. The molecule has 0 spiro atoms. The molecular formula is C19H19NO4. The van der Waals surface area contributed by atoms with Crippen LogP contribution in [-0.2, 0) is 4.79 Å². The molecule has 1 unspecified atom stereocenters. The van der Waals surface area contributed by atoms with Crippen molar-refractivity contribution in [3.63, 3.8) is 0 Å². The van der Waals surface area contributed by atoms with Crippen LogP contribution in [0.15, 0.2) is 54.6 Å². The van der Waals surface area contributed by atoms with Gasteiger partial charge in [0, 0.05) is 11.6 Å². The van der Waals surface area contributed by atoms with Crippen molar-refractivity contribution in [1.82, 2.24) is 4.90 Å². The third-order valence-electron chi connectivity index (χ3n) is 4.03. The van der Waals surface area contributed by atoms with Crippen LogP contribution in [0.4, 0.5) is 0 Å². The molecule has 0 saturated heterocycles. The molecule has 124 valence electrons. The van der Waals surface area contributed by atoms with Crippen LogP contribution >= 0.6 is 0 Å². The van der Waals surface area contributed by atoms with E-state index < -0.39 is 12.0 Å². The molecular weight excluding hydrogens is 306 g/mol. The summed E-state index contributed by atoms with van der Waals surface area (Å²) >= 11 is 0. The molecule has 1 aliphatic carbocycles. The molecule has 1 fully saturated rings. The van der Waals surface area contributed by atoms with Crippen molar-refractivity contribution in [3.05, 3.63) is 60.2 Å². The molecule has 5 nitrogen and oxygen atoms in total. The van der Waals surface area contributed by atoms with Crippen LogP contribution in [0.3, 0.4) is 0 Å². The molecule has 1 aliphatic rings. The Morgan fingerprint density at radius 2 is 1.62 bits per heavy atom. The number of carbonyl (C=O) groups is 2. The summed E-state index contributed by atoms with van der Waals surface area (Å²) in [6, 6.07) is 15.4. The fourth-order valence-corrected chi connectivity index (χ4v) is 2.57. The van der Waals surface area contributed by atoms with Gasteiger partial charge >= 0.3 is 5.97 Å². The first kappa shape index (κ1) is 16.1. The van der Waals surface area contributed by atoms with Gasteiger partial charge in [-0.25, -0.2) is 4.79 Å². The predicted octanol–water partition coefficient (Wildman–Crippen LogP) is 3.56. The third kappa shape index (κ3) is 3.56. The van der Waals surface area contributed by atoms with Gasteiger partial charge in [0.15, 0.2) is 0 Å². The molecule has 0 radical (unpaired) electrons. The summed E-state index contributed by atoms with van der Waals surface area (Å²) in [7, 11) is 0. The quantitative estimate of drug-likeness (QED) is 0.882. The minimum absolute atomic E-state index is 0.0313. The largest absolute Gasteiger partial charge is 0.480 e. The van der Waals surface area contributed by atoms with Gasteiger partial charge in [0.1, 0.15) is 17.5 Å². The first-order valence-electron chi connectivity index (χ1n) is 7.94. The van der Waals surface area contributed by atoms with Gasteiger partial charge in [0.05, 0.1) is 0 Å². The first-order valence-corrected chi connectivity index (χ1v) is 7.94. The van der Waals surface area contributed by atoms with E-state index in [1.165, 1.54) is 4.90 Å². The van der Waals surface area contributed by atoms with E-state index in [0.717, 1.165) is 18.6 Å². The smallest absolute Gasteiger partial charge is 0.326 e. The Labute approximate surface area is 140 Å². The van der Waals surface area contributed by atoms with E-state index in [9.17, 15) is 14.7 Å². The first-order chi connectivity index (χ1) is 11.6. The molecule has 1 saturated carbocycles. The number of hydrogen-bond acceptors (Lipinski definition) is 3. The predicted molar refractivity (Wildman–Crippen MR) is 89.2 cm³/mol. The maximum atomic E-state index is 12.7. The van der Waals surface area contributed by atoms with E-state index in [1.807, 2.05) is 30.3 Å². The van der Waals surface area contributed by atoms with Crippen molar-refractivity contribution in [1.29, 1.82) is 0 Å². The van der Waals surface area contributed by atoms with Crippen molar-refractivity contribution >= 4 is 11.9 Å². The number of carboxylic acid groups (broad SMARTS) is 1.